The van der Waals surface area contributed by atoms with Crippen LogP contribution in [0, 0.1) is 0 Å². The maximum atomic E-state index is 11.6. The molecule has 1 N–H and O–H groups in total. The van der Waals surface area contributed by atoms with E-state index in [1.165, 1.54) is 18.4 Å². The molecule has 0 radical (unpaired) electrons. The van der Waals surface area contributed by atoms with Crippen LogP contribution in [0.2, 0.25) is 0 Å². The second-order valence-electron chi connectivity index (χ2n) is 6.97. The summed E-state index contributed by atoms with van der Waals surface area (Å²) in [6.07, 6.45) is 3.22. The van der Waals surface area contributed by atoms with Crippen molar-refractivity contribution in [2.24, 2.45) is 0 Å². The molecule has 4 heteroatoms. The van der Waals surface area contributed by atoms with Crippen molar-refractivity contribution in [1.29, 1.82) is 0 Å². The molecule has 0 aromatic heterocycles. The molecule has 122 valence electrons. The molecular weight excluding hydrogens is 276 g/mol. The Bertz CT molecular complexity index is 464. The van der Waals surface area contributed by atoms with Crippen LogP contribution in [0.15, 0.2) is 30.3 Å². The lowest BCUT2D eigenvalue weighted by Gasteiger charge is -2.23. The molecule has 2 rings (SSSR count). The van der Waals surface area contributed by atoms with Gasteiger partial charge in [-0.25, -0.2) is 4.79 Å². The molecule has 0 atom stereocenters. The van der Waals surface area contributed by atoms with Gasteiger partial charge in [-0.15, -0.1) is 0 Å². The number of nitrogens with one attached hydrogen (secondary N) is 1. The highest BCUT2D eigenvalue weighted by Gasteiger charge is 2.28. The zero-order chi connectivity index (χ0) is 16.0. The Morgan fingerprint density at radius 1 is 1.27 bits per heavy atom. The molecule has 1 aliphatic rings. The third-order valence-electron chi connectivity index (χ3n) is 3.58. The predicted octanol–water partition coefficient (Wildman–Crippen LogP) is 3.57. The van der Waals surface area contributed by atoms with E-state index in [9.17, 15) is 4.79 Å². The highest BCUT2D eigenvalue weighted by molar-refractivity contribution is 5.67. The van der Waals surface area contributed by atoms with Crippen LogP contribution < -0.4 is 5.32 Å². The molecule has 0 heterocycles. The van der Waals surface area contributed by atoms with Crippen LogP contribution >= 0.6 is 0 Å². The van der Waals surface area contributed by atoms with Gasteiger partial charge in [0.15, 0.2) is 0 Å². The summed E-state index contributed by atoms with van der Waals surface area (Å²) in [5, 5.41) is 2.83. The maximum Gasteiger partial charge on any atom is 0.407 e. The highest BCUT2D eigenvalue weighted by Crippen LogP contribution is 2.28. The zero-order valence-electron chi connectivity index (χ0n) is 14.0. The quantitative estimate of drug-likeness (QED) is 0.783. The van der Waals surface area contributed by atoms with Gasteiger partial charge in [0.25, 0.3) is 0 Å². The monoisotopic (exact) mass is 304 g/mol. The molecule has 1 aromatic carbocycles. The number of amides is 1. The minimum Gasteiger partial charge on any atom is -0.444 e. The third-order valence-corrected chi connectivity index (χ3v) is 3.58. The molecule has 1 aliphatic carbocycles. The van der Waals surface area contributed by atoms with Crippen molar-refractivity contribution in [3.63, 3.8) is 0 Å². The summed E-state index contributed by atoms with van der Waals surface area (Å²) in [5.41, 5.74) is 0.923. The normalized spacial score (nSPS) is 14.9. The molecule has 1 fully saturated rings. The fourth-order valence-electron chi connectivity index (χ4n) is 2.44. The van der Waals surface area contributed by atoms with E-state index in [1.807, 2.05) is 20.8 Å². The number of ether oxygens (including phenoxy) is 1. The minimum atomic E-state index is -0.433. The van der Waals surface area contributed by atoms with Crippen molar-refractivity contribution in [3.8, 4) is 0 Å². The second-order valence-corrected chi connectivity index (χ2v) is 6.97. The van der Waals surface area contributed by atoms with Crippen LogP contribution in [0.3, 0.4) is 0 Å². The fourth-order valence-corrected chi connectivity index (χ4v) is 2.44. The Balaban J connectivity index is 1.68. The van der Waals surface area contributed by atoms with Crippen LogP contribution in [-0.4, -0.2) is 35.7 Å². The van der Waals surface area contributed by atoms with E-state index < -0.39 is 5.60 Å². The Kier molecular flexibility index (Phi) is 5.83. The Morgan fingerprint density at radius 2 is 1.95 bits per heavy atom. The number of hydrogen-bond donors (Lipinski definition) is 1. The standard InChI is InChI=1S/C18H28N2O2/c1-18(2,3)22-17(21)19-12-7-13-20(16-10-11-16)14-15-8-5-4-6-9-15/h4-6,8-9,16H,7,10-14H2,1-3H3,(H,19,21). The van der Waals surface area contributed by atoms with Gasteiger partial charge >= 0.3 is 6.09 Å². The molecule has 0 unspecified atom stereocenters. The smallest absolute Gasteiger partial charge is 0.407 e. The summed E-state index contributed by atoms with van der Waals surface area (Å²) < 4.78 is 5.24. The van der Waals surface area contributed by atoms with Gasteiger partial charge in [-0.3, -0.25) is 4.90 Å². The summed E-state index contributed by atoms with van der Waals surface area (Å²) in [7, 11) is 0. The van der Waals surface area contributed by atoms with E-state index in [-0.39, 0.29) is 6.09 Å². The molecule has 0 saturated heterocycles. The highest BCUT2D eigenvalue weighted by atomic mass is 16.6. The van der Waals surface area contributed by atoms with E-state index in [2.05, 4.69) is 40.5 Å². The predicted molar refractivity (Wildman–Crippen MR) is 88.7 cm³/mol. The van der Waals surface area contributed by atoms with Gasteiger partial charge in [0.05, 0.1) is 0 Å². The summed E-state index contributed by atoms with van der Waals surface area (Å²) in [6, 6.07) is 11.3. The number of nitrogens with zero attached hydrogens (tertiary/aromatic N) is 1. The van der Waals surface area contributed by atoms with E-state index in [0.717, 1.165) is 25.6 Å². The van der Waals surface area contributed by atoms with Gasteiger partial charge in [-0.05, 0) is 45.6 Å². The van der Waals surface area contributed by atoms with Crippen molar-refractivity contribution in [1.82, 2.24) is 10.2 Å². The van der Waals surface area contributed by atoms with Crippen molar-refractivity contribution >= 4 is 6.09 Å². The first-order valence-electron chi connectivity index (χ1n) is 8.19. The number of benzene rings is 1. The summed E-state index contributed by atoms with van der Waals surface area (Å²) >= 11 is 0. The van der Waals surface area contributed by atoms with Crippen molar-refractivity contribution in [2.75, 3.05) is 13.1 Å². The lowest BCUT2D eigenvalue weighted by atomic mass is 10.2. The largest absolute Gasteiger partial charge is 0.444 e. The first kappa shape index (κ1) is 16.8. The van der Waals surface area contributed by atoms with Crippen LogP contribution in [0.1, 0.15) is 45.6 Å². The van der Waals surface area contributed by atoms with Crippen LogP contribution in [0.4, 0.5) is 4.79 Å². The van der Waals surface area contributed by atoms with Crippen molar-refractivity contribution < 1.29 is 9.53 Å². The molecule has 22 heavy (non-hydrogen) atoms. The number of alkyl carbamates (subject to hydrolysis) is 1. The molecular formula is C18H28N2O2. The van der Waals surface area contributed by atoms with Gasteiger partial charge in [0, 0.05) is 25.7 Å². The Morgan fingerprint density at radius 3 is 2.55 bits per heavy atom. The number of rotatable bonds is 7. The number of carbonyl (C=O) groups excluding carboxylic acids is 1. The van der Waals surface area contributed by atoms with Crippen LogP contribution in [0.5, 0.6) is 0 Å². The zero-order valence-corrected chi connectivity index (χ0v) is 14.0. The molecule has 0 aliphatic heterocycles. The van der Waals surface area contributed by atoms with Crippen LogP contribution in [0.25, 0.3) is 0 Å². The van der Waals surface area contributed by atoms with Gasteiger partial charge in [-0.1, -0.05) is 30.3 Å². The second kappa shape index (κ2) is 7.63. The topological polar surface area (TPSA) is 41.6 Å². The van der Waals surface area contributed by atoms with Gasteiger partial charge < -0.3 is 10.1 Å². The molecule has 1 aromatic rings. The average Bonchev–Trinajstić information content (AvgIpc) is 3.26. The summed E-state index contributed by atoms with van der Waals surface area (Å²) in [6.45, 7) is 8.30. The van der Waals surface area contributed by atoms with E-state index in [1.54, 1.807) is 0 Å². The van der Waals surface area contributed by atoms with Gasteiger partial charge in [0.2, 0.25) is 0 Å². The summed E-state index contributed by atoms with van der Waals surface area (Å²) in [4.78, 5) is 14.1. The first-order valence-corrected chi connectivity index (χ1v) is 8.19. The van der Waals surface area contributed by atoms with Gasteiger partial charge in [-0.2, -0.15) is 0 Å². The number of carbonyl (C=O) groups is 1. The third kappa shape index (κ3) is 6.48. The lowest BCUT2D eigenvalue weighted by Crippen LogP contribution is -2.35. The summed E-state index contributed by atoms with van der Waals surface area (Å²) in [5.74, 6) is 0. The number of hydrogen-bond acceptors (Lipinski definition) is 3. The van der Waals surface area contributed by atoms with E-state index in [4.69, 9.17) is 4.74 Å². The van der Waals surface area contributed by atoms with E-state index >= 15 is 0 Å². The van der Waals surface area contributed by atoms with Gasteiger partial charge in [0.1, 0.15) is 5.60 Å². The first-order chi connectivity index (χ1) is 10.4. The van der Waals surface area contributed by atoms with Crippen LogP contribution in [-0.2, 0) is 11.3 Å². The maximum absolute atomic E-state index is 11.6. The molecule has 0 spiro atoms. The molecule has 1 amide bonds. The van der Waals surface area contributed by atoms with E-state index in [0.29, 0.717) is 6.54 Å². The Labute approximate surface area is 133 Å². The average molecular weight is 304 g/mol. The molecule has 0 bridgehead atoms. The van der Waals surface area contributed by atoms with Crippen molar-refractivity contribution in [3.05, 3.63) is 35.9 Å². The Hall–Kier alpha value is -1.55. The molecule has 1 saturated carbocycles. The van der Waals surface area contributed by atoms with Crippen molar-refractivity contribution in [2.45, 2.75) is 58.2 Å². The fraction of sp³-hybridized carbons (Fsp3) is 0.611. The minimum absolute atomic E-state index is 0.325. The SMILES string of the molecule is CC(C)(C)OC(=O)NCCCN(Cc1ccccc1)C1CC1. The molecule has 4 nitrogen and oxygen atoms in total. The lowest BCUT2D eigenvalue weighted by molar-refractivity contribution is 0.0525.